The van der Waals surface area contributed by atoms with E-state index in [-0.39, 0.29) is 46.1 Å². The molecule has 2 aromatic carbocycles. The zero-order valence-electron chi connectivity index (χ0n) is 12.9. The average Bonchev–Trinajstić information content (AvgIpc) is 2.76. The zero-order valence-corrected chi connectivity index (χ0v) is 16.5. The van der Waals surface area contributed by atoms with Crippen molar-refractivity contribution in [3.05, 3.63) is 55.8 Å². The van der Waals surface area contributed by atoms with Gasteiger partial charge in [-0.05, 0) is 24.7 Å². The number of rotatable bonds is 0. The molecule has 0 spiro atoms. The van der Waals surface area contributed by atoms with Crippen LogP contribution in [0.2, 0.25) is 0 Å². The molecule has 0 aliphatic heterocycles. The van der Waals surface area contributed by atoms with Crippen molar-refractivity contribution in [2.75, 3.05) is 0 Å². The molecule has 104 valence electrons. The molecular formula is C18H25Hf-3. The second kappa shape index (κ2) is 6.43. The summed E-state index contributed by atoms with van der Waals surface area (Å²) in [6.07, 6.45) is 3.90. The Labute approximate surface area is 137 Å². The van der Waals surface area contributed by atoms with Gasteiger partial charge in [0.05, 0.1) is 0 Å². The van der Waals surface area contributed by atoms with Crippen LogP contribution in [0.1, 0.15) is 43.9 Å². The Hall–Kier alpha value is -0.300. The first-order chi connectivity index (χ1) is 7.55. The van der Waals surface area contributed by atoms with E-state index < -0.39 is 0 Å². The van der Waals surface area contributed by atoms with Crippen molar-refractivity contribution in [3.8, 4) is 0 Å². The number of benzene rings is 1. The number of hydrogen-bond acceptors (Lipinski definition) is 0. The van der Waals surface area contributed by atoms with E-state index in [1.54, 1.807) is 11.1 Å². The molecule has 0 aromatic heterocycles. The maximum atomic E-state index is 2.44. The molecule has 0 saturated heterocycles. The molecule has 1 aliphatic rings. The molecule has 0 nitrogen and oxygen atoms in total. The third-order valence-corrected chi connectivity index (χ3v) is 3.79. The maximum Gasteiger partial charge on any atom is 0 e. The average molecular weight is 420 g/mol. The molecular weight excluding hydrogens is 395 g/mol. The van der Waals surface area contributed by atoms with Gasteiger partial charge in [-0.3, -0.25) is 0 Å². The minimum absolute atomic E-state index is 0. The van der Waals surface area contributed by atoms with E-state index in [1.807, 2.05) is 0 Å². The Kier molecular flexibility index (Phi) is 6.33. The van der Waals surface area contributed by atoms with Crippen LogP contribution >= 0.6 is 0 Å². The molecule has 3 rings (SSSR count). The number of hydrogen-bond donors (Lipinski definition) is 0. The van der Waals surface area contributed by atoms with Gasteiger partial charge in [-0.25, -0.2) is 0 Å². The van der Waals surface area contributed by atoms with Gasteiger partial charge in [0.15, 0.2) is 0 Å². The van der Waals surface area contributed by atoms with Crippen LogP contribution in [0.25, 0.3) is 10.8 Å². The van der Waals surface area contributed by atoms with Crippen LogP contribution in [0.3, 0.4) is 0 Å². The summed E-state index contributed by atoms with van der Waals surface area (Å²) in [4.78, 5) is 0. The molecule has 0 bridgehead atoms. The topological polar surface area (TPSA) is 0 Å². The summed E-state index contributed by atoms with van der Waals surface area (Å²) in [7, 11) is 0. The molecule has 0 radical (unpaired) electrons. The fourth-order valence-electron chi connectivity index (χ4n) is 2.93. The van der Waals surface area contributed by atoms with Crippen molar-refractivity contribution in [2.24, 2.45) is 0 Å². The monoisotopic (exact) mass is 421 g/mol. The Balaban J connectivity index is 0.00000108. The van der Waals surface area contributed by atoms with Crippen molar-refractivity contribution in [3.63, 3.8) is 0 Å². The van der Waals surface area contributed by atoms with E-state index in [9.17, 15) is 0 Å². The van der Waals surface area contributed by atoms with Crippen molar-refractivity contribution in [1.29, 1.82) is 0 Å². The third-order valence-electron chi connectivity index (χ3n) is 3.79. The van der Waals surface area contributed by atoms with Crippen molar-refractivity contribution >= 4 is 10.8 Å². The summed E-state index contributed by atoms with van der Waals surface area (Å²) in [5.41, 5.74) is 4.93. The van der Waals surface area contributed by atoms with E-state index >= 15 is 0 Å². The van der Waals surface area contributed by atoms with Crippen LogP contribution in [0.4, 0.5) is 0 Å². The summed E-state index contributed by atoms with van der Waals surface area (Å²) in [5, 5.41) is 2.92. The largest absolute Gasteiger partial charge is 0.358 e. The summed E-state index contributed by atoms with van der Waals surface area (Å²) >= 11 is 0. The van der Waals surface area contributed by atoms with Crippen LogP contribution in [0.5, 0.6) is 0 Å². The van der Waals surface area contributed by atoms with Gasteiger partial charge >= 0.3 is 0 Å². The Morgan fingerprint density at radius 2 is 1.58 bits per heavy atom. The molecule has 19 heavy (non-hydrogen) atoms. The van der Waals surface area contributed by atoms with E-state index in [0.717, 1.165) is 0 Å². The van der Waals surface area contributed by atoms with Crippen LogP contribution in [-0.2, 0) is 44.1 Å². The fraction of sp³-hybridized carbons (Fsp3) is 0.389. The van der Waals surface area contributed by atoms with Crippen LogP contribution in [0.15, 0.2) is 24.3 Å². The second-order valence-electron chi connectivity index (χ2n) is 6.06. The predicted octanol–water partition coefficient (Wildman–Crippen LogP) is 5.24. The van der Waals surface area contributed by atoms with Gasteiger partial charge in [0.2, 0.25) is 0 Å². The van der Waals surface area contributed by atoms with Crippen LogP contribution in [0, 0.1) is 14.9 Å². The fourth-order valence-corrected chi connectivity index (χ4v) is 2.93. The normalized spacial score (nSPS) is 13.2. The molecule has 0 saturated carbocycles. The van der Waals surface area contributed by atoms with Gasteiger partial charge in [0.25, 0.3) is 0 Å². The van der Waals surface area contributed by atoms with Crippen molar-refractivity contribution in [1.82, 2.24) is 0 Å². The molecule has 0 fully saturated rings. The molecule has 0 amide bonds. The van der Waals surface area contributed by atoms with Gasteiger partial charge in [0.1, 0.15) is 0 Å². The zero-order chi connectivity index (χ0) is 11.3. The summed E-state index contributed by atoms with van der Waals surface area (Å²) in [6, 6.07) is 9.44. The molecule has 0 unspecified atom stereocenters. The van der Waals surface area contributed by atoms with Crippen molar-refractivity contribution < 1.29 is 25.8 Å². The predicted molar refractivity (Wildman–Crippen MR) is 83.1 cm³/mol. The smallest absolute Gasteiger partial charge is 0 e. The minimum atomic E-state index is 0. The van der Waals surface area contributed by atoms with Crippen LogP contribution < -0.4 is 0 Å². The van der Waals surface area contributed by atoms with Crippen LogP contribution in [-0.4, -0.2) is 0 Å². The number of fused-ring (bicyclic) bond motifs is 2. The first kappa shape index (κ1) is 18.7. The minimum Gasteiger partial charge on any atom is -0.358 e. The Morgan fingerprint density at radius 1 is 1.00 bits per heavy atom. The summed E-state index contributed by atoms with van der Waals surface area (Å²) < 4.78 is 0. The van der Waals surface area contributed by atoms with Crippen molar-refractivity contribution in [2.45, 2.75) is 45.4 Å². The molecule has 0 N–H and O–H groups in total. The SMILES string of the molecule is CC(C)(C)[c-]1ccc2cc3c(cc21)CCC3.[CH3-].[CH3-].[Hf]. The second-order valence-corrected chi connectivity index (χ2v) is 6.06. The summed E-state index contributed by atoms with van der Waals surface area (Å²) in [6.45, 7) is 6.90. The van der Waals surface area contributed by atoms with Gasteiger partial charge in [0, 0.05) is 25.8 Å². The first-order valence-electron chi connectivity index (χ1n) is 6.27. The summed E-state index contributed by atoms with van der Waals surface area (Å²) in [5.74, 6) is 0. The van der Waals surface area contributed by atoms with E-state index in [0.29, 0.717) is 0 Å². The molecule has 1 aliphatic carbocycles. The third kappa shape index (κ3) is 3.24. The number of aryl methyl sites for hydroxylation is 2. The van der Waals surface area contributed by atoms with E-state index in [1.165, 1.54) is 35.6 Å². The van der Waals surface area contributed by atoms with E-state index in [2.05, 4.69) is 45.0 Å². The first-order valence-corrected chi connectivity index (χ1v) is 6.27. The maximum absolute atomic E-state index is 2.44. The van der Waals surface area contributed by atoms with Gasteiger partial charge < -0.3 is 14.9 Å². The standard InChI is InChI=1S/C16H19.2CH3.Hf/c1-16(2,3)15-8-7-13-9-11-5-4-6-12(11)10-14(13)15;;;/h7-10H,4-6H2,1-3H3;2*1H3;/q3*-1;. The quantitative estimate of drug-likeness (QED) is 0.404. The molecule has 0 atom stereocenters. The van der Waals surface area contributed by atoms with E-state index in [4.69, 9.17) is 0 Å². The van der Waals surface area contributed by atoms with Gasteiger partial charge in [-0.1, -0.05) is 31.9 Å². The van der Waals surface area contributed by atoms with Gasteiger partial charge in [-0.15, -0.1) is 34.5 Å². The Morgan fingerprint density at radius 3 is 2.16 bits per heavy atom. The molecule has 2 aromatic rings. The van der Waals surface area contributed by atoms with Gasteiger partial charge in [-0.2, -0.15) is 6.07 Å². The molecule has 0 heterocycles. The Bertz CT molecular complexity index is 541. The molecule has 1 heteroatoms.